The average Bonchev–Trinajstić information content (AvgIpc) is 3.75. The van der Waals surface area contributed by atoms with Gasteiger partial charge < -0.3 is 23.7 Å². The van der Waals surface area contributed by atoms with E-state index in [0.29, 0.717) is 51.4 Å². The molecule has 1 atom stereocenters. The number of aromatic nitrogens is 3. The largest absolute Gasteiger partial charge is 0.505 e. The number of methoxy groups -OCH3 is 2. The summed E-state index contributed by atoms with van der Waals surface area (Å²) in [6, 6.07) is 23.1. The number of Topliss-reactive ketones (excluding diaryl/α,β-unsaturated/α-hetero) is 1. The third-order valence-corrected chi connectivity index (χ3v) is 9.30. The van der Waals surface area contributed by atoms with Crippen LogP contribution in [0.2, 0.25) is 0 Å². The molecule has 236 valence electrons. The molecule has 3 aromatic carbocycles. The van der Waals surface area contributed by atoms with Crippen LogP contribution in [0.1, 0.15) is 34.1 Å². The molecule has 3 aromatic heterocycles. The van der Waals surface area contributed by atoms with Gasteiger partial charge in [-0.3, -0.25) is 14.5 Å². The van der Waals surface area contributed by atoms with Gasteiger partial charge in [0.25, 0.3) is 5.78 Å². The number of nitrogens with zero attached hydrogens (tertiary/aromatic N) is 4. The van der Waals surface area contributed by atoms with Gasteiger partial charge in [-0.1, -0.05) is 53.8 Å². The third kappa shape index (κ3) is 5.14. The topological polar surface area (TPSA) is 115 Å². The van der Waals surface area contributed by atoms with Gasteiger partial charge in [-0.05, 0) is 66.9 Å². The number of imidazole rings is 1. The number of amides is 1. The van der Waals surface area contributed by atoms with E-state index >= 15 is 0 Å². The maximum Gasteiger partial charge on any atom is 0.301 e. The number of rotatable bonds is 8. The van der Waals surface area contributed by atoms with Gasteiger partial charge in [0.2, 0.25) is 0 Å². The van der Waals surface area contributed by atoms with Crippen LogP contribution in [-0.2, 0) is 16.2 Å². The van der Waals surface area contributed by atoms with Crippen molar-refractivity contribution in [3.05, 3.63) is 119 Å². The minimum atomic E-state index is -1.04. The molecule has 4 heterocycles. The molecule has 1 amide bonds. The maximum atomic E-state index is 13.9. The molecule has 0 spiro atoms. The SMILES string of the molecule is COc1ccc2nc(N3C(=O)C(=O)/C(=C(/O)c4nc5c(C)cccn5c4C)C3c3ccc(OCc4ccccc4)c(OC)c3)sc2c1. The third-order valence-electron chi connectivity index (χ3n) is 8.28. The quantitative estimate of drug-likeness (QED) is 0.109. The molecule has 0 radical (unpaired) electrons. The Balaban J connectivity index is 1.39. The van der Waals surface area contributed by atoms with Gasteiger partial charge in [-0.2, -0.15) is 0 Å². The summed E-state index contributed by atoms with van der Waals surface area (Å²) in [5.41, 5.74) is 4.41. The van der Waals surface area contributed by atoms with Crippen molar-refractivity contribution in [1.29, 1.82) is 0 Å². The molecule has 1 saturated heterocycles. The molecule has 47 heavy (non-hydrogen) atoms. The lowest BCUT2D eigenvalue weighted by Gasteiger charge is -2.23. The summed E-state index contributed by atoms with van der Waals surface area (Å²) in [5, 5.41) is 12.2. The molecule has 0 saturated carbocycles. The number of fused-ring (bicyclic) bond motifs is 2. The number of ether oxygens (including phenoxy) is 3. The van der Waals surface area contributed by atoms with E-state index in [0.717, 1.165) is 15.8 Å². The second kappa shape index (κ2) is 11.9. The van der Waals surface area contributed by atoms with Crippen LogP contribution in [0.3, 0.4) is 0 Å². The lowest BCUT2D eigenvalue weighted by molar-refractivity contribution is -0.132. The van der Waals surface area contributed by atoms with Crippen LogP contribution in [0.25, 0.3) is 21.6 Å². The molecular weight excluding hydrogens is 616 g/mol. The number of hydrogen-bond acceptors (Lipinski definition) is 9. The molecule has 1 aliphatic heterocycles. The van der Waals surface area contributed by atoms with E-state index < -0.39 is 17.7 Å². The van der Waals surface area contributed by atoms with Crippen molar-refractivity contribution in [1.82, 2.24) is 14.4 Å². The van der Waals surface area contributed by atoms with Crippen molar-refractivity contribution in [2.45, 2.75) is 26.5 Å². The number of aliphatic hydroxyl groups is 1. The number of hydrogen-bond donors (Lipinski definition) is 1. The number of benzene rings is 3. The van der Waals surface area contributed by atoms with Crippen molar-refractivity contribution in [3.63, 3.8) is 0 Å². The van der Waals surface area contributed by atoms with Crippen molar-refractivity contribution >= 4 is 49.8 Å². The number of ketones is 1. The molecule has 7 rings (SSSR count). The zero-order valence-electron chi connectivity index (χ0n) is 26.1. The Kier molecular flexibility index (Phi) is 7.61. The summed E-state index contributed by atoms with van der Waals surface area (Å²) in [7, 11) is 3.10. The zero-order valence-corrected chi connectivity index (χ0v) is 26.9. The summed E-state index contributed by atoms with van der Waals surface area (Å²) in [6.07, 6.45) is 1.84. The van der Waals surface area contributed by atoms with E-state index in [1.165, 1.54) is 23.3 Å². The van der Waals surface area contributed by atoms with Crippen molar-refractivity contribution in [3.8, 4) is 17.2 Å². The molecule has 1 N–H and O–H groups in total. The Morgan fingerprint density at radius 1 is 0.915 bits per heavy atom. The van der Waals surface area contributed by atoms with Crippen LogP contribution in [-0.4, -0.2) is 45.4 Å². The first-order valence-electron chi connectivity index (χ1n) is 14.8. The van der Waals surface area contributed by atoms with E-state index in [4.69, 9.17) is 24.2 Å². The molecule has 11 heteroatoms. The second-order valence-corrected chi connectivity index (χ2v) is 12.1. The van der Waals surface area contributed by atoms with Gasteiger partial charge in [0.05, 0.1) is 41.7 Å². The smallest absolute Gasteiger partial charge is 0.301 e. The van der Waals surface area contributed by atoms with Crippen LogP contribution in [0, 0.1) is 13.8 Å². The highest BCUT2D eigenvalue weighted by atomic mass is 32.1. The van der Waals surface area contributed by atoms with Crippen LogP contribution >= 0.6 is 11.3 Å². The molecule has 6 aromatic rings. The highest BCUT2D eigenvalue weighted by Gasteiger charge is 2.49. The van der Waals surface area contributed by atoms with Crippen molar-refractivity contribution in [2.24, 2.45) is 0 Å². The van der Waals surface area contributed by atoms with E-state index in [9.17, 15) is 14.7 Å². The van der Waals surface area contributed by atoms with Gasteiger partial charge in [0.15, 0.2) is 22.4 Å². The monoisotopic (exact) mass is 646 g/mol. The maximum absolute atomic E-state index is 13.9. The number of thiazole rings is 1. The van der Waals surface area contributed by atoms with Crippen molar-refractivity contribution < 1.29 is 28.9 Å². The first kappa shape index (κ1) is 30.0. The number of carbonyl (C=O) groups is 2. The fraction of sp³-hybridized carbons (Fsp3) is 0.167. The van der Waals surface area contributed by atoms with Gasteiger partial charge in [-0.15, -0.1) is 0 Å². The minimum absolute atomic E-state index is 0.101. The average molecular weight is 647 g/mol. The predicted octanol–water partition coefficient (Wildman–Crippen LogP) is 6.78. The Morgan fingerprint density at radius 3 is 2.47 bits per heavy atom. The number of carbonyl (C=O) groups excluding carboxylic acids is 2. The lowest BCUT2D eigenvalue weighted by Crippen LogP contribution is -2.29. The lowest BCUT2D eigenvalue weighted by atomic mass is 9.96. The summed E-state index contributed by atoms with van der Waals surface area (Å²) in [6.45, 7) is 4.04. The van der Waals surface area contributed by atoms with Gasteiger partial charge in [0, 0.05) is 6.20 Å². The minimum Gasteiger partial charge on any atom is -0.505 e. The molecule has 0 bridgehead atoms. The van der Waals surface area contributed by atoms with Crippen molar-refractivity contribution in [2.75, 3.05) is 19.1 Å². The summed E-state index contributed by atoms with van der Waals surface area (Å²) in [4.78, 5) is 38.6. The van der Waals surface area contributed by atoms with E-state index in [-0.39, 0.29) is 17.0 Å². The second-order valence-electron chi connectivity index (χ2n) is 11.1. The summed E-state index contributed by atoms with van der Waals surface area (Å²) >= 11 is 1.25. The van der Waals surface area contributed by atoms with Crippen LogP contribution in [0.4, 0.5) is 5.13 Å². The number of aryl methyl sites for hydroxylation is 2. The molecule has 1 unspecified atom stereocenters. The molecule has 0 aliphatic carbocycles. The summed E-state index contributed by atoms with van der Waals surface area (Å²) < 4.78 is 19.8. The van der Waals surface area contributed by atoms with E-state index in [1.807, 2.05) is 73.0 Å². The van der Waals surface area contributed by atoms with Gasteiger partial charge in [0.1, 0.15) is 23.7 Å². The number of aliphatic hydroxyl groups excluding tert-OH is 1. The Labute approximate surface area is 274 Å². The molecule has 1 aliphatic rings. The highest BCUT2D eigenvalue weighted by Crippen LogP contribution is 2.46. The predicted molar refractivity (Wildman–Crippen MR) is 179 cm³/mol. The van der Waals surface area contributed by atoms with E-state index in [2.05, 4.69) is 0 Å². The number of anilines is 1. The molecule has 10 nitrogen and oxygen atoms in total. The Hall–Kier alpha value is -5.68. The van der Waals surface area contributed by atoms with Gasteiger partial charge in [-0.25, -0.2) is 9.97 Å². The van der Waals surface area contributed by atoms with Crippen LogP contribution in [0.5, 0.6) is 17.2 Å². The van der Waals surface area contributed by atoms with Gasteiger partial charge >= 0.3 is 5.91 Å². The zero-order chi connectivity index (χ0) is 32.8. The number of pyridine rings is 1. The fourth-order valence-corrected chi connectivity index (χ4v) is 6.87. The van der Waals surface area contributed by atoms with Crippen LogP contribution in [0.15, 0.2) is 90.6 Å². The fourth-order valence-electron chi connectivity index (χ4n) is 5.85. The standard InChI is InChI=1S/C36H30N4O6S/c1-20-9-8-16-39-21(2)30(38-34(20)39)32(41)29-31(23-12-15-26(27(17-23)45-4)46-19-22-10-6-5-7-11-22)40(35(43)33(29)42)36-37-25-14-13-24(44-3)18-28(25)47-36/h5-18,31,41H,19H2,1-4H3/b32-29+. The highest BCUT2D eigenvalue weighted by molar-refractivity contribution is 7.22. The van der Waals surface area contributed by atoms with Crippen LogP contribution < -0.4 is 19.1 Å². The first-order chi connectivity index (χ1) is 22.8. The van der Waals surface area contributed by atoms with E-state index in [1.54, 1.807) is 37.4 Å². The molecule has 1 fully saturated rings. The summed E-state index contributed by atoms with van der Waals surface area (Å²) in [5.74, 6) is -0.514. The molecular formula is C36H30N4O6S. The first-order valence-corrected chi connectivity index (χ1v) is 15.7. The normalized spacial score (nSPS) is 15.9. The Bertz CT molecular complexity index is 2220. The Morgan fingerprint density at radius 2 is 1.72 bits per heavy atom.